The van der Waals surface area contributed by atoms with Gasteiger partial charge < -0.3 is 10.2 Å². The molecule has 2 amide bonds. The molecule has 0 bridgehead atoms. The maximum atomic E-state index is 13.4. The van der Waals surface area contributed by atoms with Crippen molar-refractivity contribution in [2.75, 3.05) is 29.9 Å². The molecule has 2 heterocycles. The lowest BCUT2D eigenvalue weighted by Gasteiger charge is -2.24. The lowest BCUT2D eigenvalue weighted by Crippen LogP contribution is -2.38. The third-order valence-electron chi connectivity index (χ3n) is 6.09. The molecule has 4 rings (SSSR count). The fourth-order valence-corrected chi connectivity index (χ4v) is 5.97. The van der Waals surface area contributed by atoms with E-state index in [1.165, 1.54) is 29.2 Å². The number of amides is 2. The molecule has 0 aliphatic carbocycles. The number of aryl methyl sites for hydroxylation is 1. The lowest BCUT2D eigenvalue weighted by molar-refractivity contribution is -0.121. The first-order valence-corrected chi connectivity index (χ1v) is 12.8. The van der Waals surface area contributed by atoms with Crippen molar-refractivity contribution in [3.8, 4) is 0 Å². The molecule has 0 aromatic heterocycles. The molecule has 2 aliphatic heterocycles. The van der Waals surface area contributed by atoms with E-state index in [2.05, 4.69) is 5.32 Å². The highest BCUT2D eigenvalue weighted by molar-refractivity contribution is 7.89. The Morgan fingerprint density at radius 1 is 0.970 bits per heavy atom. The lowest BCUT2D eigenvalue weighted by atomic mass is 10.1. The van der Waals surface area contributed by atoms with E-state index in [-0.39, 0.29) is 23.8 Å². The van der Waals surface area contributed by atoms with Crippen LogP contribution in [0.25, 0.3) is 0 Å². The highest BCUT2D eigenvalue weighted by Crippen LogP contribution is 2.31. The van der Waals surface area contributed by atoms with Crippen molar-refractivity contribution >= 4 is 33.2 Å². The minimum absolute atomic E-state index is 0.203. The number of benzene rings is 2. The van der Waals surface area contributed by atoms with E-state index in [1.807, 2.05) is 0 Å². The summed E-state index contributed by atoms with van der Waals surface area (Å²) in [6, 6.07) is 10.3. The summed E-state index contributed by atoms with van der Waals surface area (Å²) >= 11 is 0. The second-order valence-corrected chi connectivity index (χ2v) is 10.4. The molecule has 1 fully saturated rings. The first-order chi connectivity index (χ1) is 15.8. The first kappa shape index (κ1) is 23.4. The van der Waals surface area contributed by atoms with Crippen molar-refractivity contribution in [2.24, 2.45) is 0 Å². The molecule has 0 spiro atoms. The van der Waals surface area contributed by atoms with Crippen LogP contribution < -0.4 is 10.2 Å². The Morgan fingerprint density at radius 2 is 1.73 bits per heavy atom. The SMILES string of the molecule is O=C(CN1C(=O)CCCc2cc(S(=O)(=O)N3CCCCCC3)ccc21)Nc1cccc(F)c1. The molecule has 2 aromatic rings. The zero-order valence-corrected chi connectivity index (χ0v) is 19.2. The summed E-state index contributed by atoms with van der Waals surface area (Å²) in [5, 5.41) is 2.61. The monoisotopic (exact) mass is 473 g/mol. The third-order valence-corrected chi connectivity index (χ3v) is 7.99. The second-order valence-electron chi connectivity index (χ2n) is 8.50. The average molecular weight is 474 g/mol. The van der Waals surface area contributed by atoms with Crippen LogP contribution in [0.4, 0.5) is 15.8 Å². The Kier molecular flexibility index (Phi) is 7.09. The Balaban J connectivity index is 1.57. The highest BCUT2D eigenvalue weighted by atomic mass is 32.2. The number of rotatable bonds is 5. The molecule has 9 heteroatoms. The quantitative estimate of drug-likeness (QED) is 0.718. The maximum absolute atomic E-state index is 13.4. The van der Waals surface area contributed by atoms with E-state index in [9.17, 15) is 22.4 Å². The number of nitrogens with zero attached hydrogens (tertiary/aromatic N) is 2. The van der Waals surface area contributed by atoms with Gasteiger partial charge in [0.05, 0.1) is 4.90 Å². The highest BCUT2D eigenvalue weighted by Gasteiger charge is 2.29. The number of carbonyl (C=O) groups excluding carboxylic acids is 2. The van der Waals surface area contributed by atoms with E-state index < -0.39 is 21.7 Å². The molecule has 0 saturated carbocycles. The van der Waals surface area contributed by atoms with Crippen LogP contribution in [0.15, 0.2) is 47.4 Å². The number of carbonyl (C=O) groups is 2. The summed E-state index contributed by atoms with van der Waals surface area (Å²) < 4.78 is 41.4. The molecular formula is C24H28FN3O4S. The van der Waals surface area contributed by atoms with Gasteiger partial charge in [0.15, 0.2) is 0 Å². The van der Waals surface area contributed by atoms with Crippen LogP contribution in [0.1, 0.15) is 44.1 Å². The van der Waals surface area contributed by atoms with Gasteiger partial charge in [0, 0.05) is 30.9 Å². The van der Waals surface area contributed by atoms with Gasteiger partial charge >= 0.3 is 0 Å². The largest absolute Gasteiger partial charge is 0.324 e. The Bertz CT molecular complexity index is 1140. The summed E-state index contributed by atoms with van der Waals surface area (Å²) in [6.45, 7) is 0.801. The Labute approximate surface area is 193 Å². The molecule has 1 saturated heterocycles. The van der Waals surface area contributed by atoms with E-state index in [4.69, 9.17) is 0 Å². The standard InChI is InChI=1S/C24H28FN3O4S/c25-19-8-6-9-20(16-19)26-23(29)17-28-22-12-11-21(15-18(22)7-5-10-24(28)30)33(31,32)27-13-3-1-2-4-14-27/h6,8-9,11-12,15-16H,1-5,7,10,13-14,17H2,(H,26,29). The van der Waals surface area contributed by atoms with Crippen molar-refractivity contribution in [3.63, 3.8) is 0 Å². The predicted octanol–water partition coefficient (Wildman–Crippen LogP) is 3.70. The minimum atomic E-state index is -3.61. The van der Waals surface area contributed by atoms with Gasteiger partial charge in [-0.05, 0) is 67.6 Å². The average Bonchev–Trinajstić information content (AvgIpc) is 3.14. The molecule has 0 unspecified atom stereocenters. The minimum Gasteiger partial charge on any atom is -0.324 e. The molecule has 33 heavy (non-hydrogen) atoms. The number of halogens is 1. The summed E-state index contributed by atoms with van der Waals surface area (Å²) in [4.78, 5) is 27.0. The number of hydrogen-bond acceptors (Lipinski definition) is 4. The molecule has 7 nitrogen and oxygen atoms in total. The number of nitrogens with one attached hydrogen (secondary N) is 1. The van der Waals surface area contributed by atoms with Gasteiger partial charge in [0.25, 0.3) is 0 Å². The van der Waals surface area contributed by atoms with Crippen molar-refractivity contribution in [2.45, 2.75) is 49.8 Å². The summed E-state index contributed by atoms with van der Waals surface area (Å²) in [6.07, 6.45) is 5.15. The van der Waals surface area contributed by atoms with Crippen LogP contribution in [0.5, 0.6) is 0 Å². The second kappa shape index (κ2) is 10.0. The van der Waals surface area contributed by atoms with Crippen molar-refractivity contribution < 1.29 is 22.4 Å². The number of hydrogen-bond donors (Lipinski definition) is 1. The molecule has 2 aliphatic rings. The molecular weight excluding hydrogens is 445 g/mol. The van der Waals surface area contributed by atoms with Gasteiger partial charge in [0.2, 0.25) is 21.8 Å². The van der Waals surface area contributed by atoms with E-state index >= 15 is 0 Å². The first-order valence-electron chi connectivity index (χ1n) is 11.3. The van der Waals surface area contributed by atoms with Crippen LogP contribution in [-0.2, 0) is 26.0 Å². The van der Waals surface area contributed by atoms with Gasteiger partial charge in [-0.15, -0.1) is 0 Å². The number of fused-ring (bicyclic) bond motifs is 1. The summed E-state index contributed by atoms with van der Waals surface area (Å²) in [5.74, 6) is -1.13. The van der Waals surface area contributed by atoms with E-state index in [0.29, 0.717) is 37.3 Å². The molecule has 2 aromatic carbocycles. The van der Waals surface area contributed by atoms with Gasteiger partial charge in [-0.1, -0.05) is 18.9 Å². The molecule has 176 valence electrons. The van der Waals surface area contributed by atoms with Gasteiger partial charge in [-0.3, -0.25) is 9.59 Å². The number of sulfonamides is 1. The van der Waals surface area contributed by atoms with Gasteiger partial charge in [-0.2, -0.15) is 4.31 Å². The fraction of sp³-hybridized carbons (Fsp3) is 0.417. The Morgan fingerprint density at radius 3 is 2.45 bits per heavy atom. The van der Waals surface area contributed by atoms with Gasteiger partial charge in [0.1, 0.15) is 12.4 Å². The topological polar surface area (TPSA) is 86.8 Å². The van der Waals surface area contributed by atoms with E-state index in [1.54, 1.807) is 22.5 Å². The van der Waals surface area contributed by atoms with E-state index in [0.717, 1.165) is 31.2 Å². The van der Waals surface area contributed by atoms with Crippen LogP contribution in [0.3, 0.4) is 0 Å². The number of anilines is 2. The molecule has 1 N–H and O–H groups in total. The predicted molar refractivity (Wildman–Crippen MR) is 124 cm³/mol. The van der Waals surface area contributed by atoms with Crippen LogP contribution >= 0.6 is 0 Å². The normalized spacial score (nSPS) is 17.7. The smallest absolute Gasteiger partial charge is 0.244 e. The zero-order chi connectivity index (χ0) is 23.4. The zero-order valence-electron chi connectivity index (χ0n) is 18.4. The molecule has 0 atom stereocenters. The third kappa shape index (κ3) is 5.42. The summed E-state index contributed by atoms with van der Waals surface area (Å²) in [5.41, 5.74) is 1.58. The Hall–Kier alpha value is -2.78. The maximum Gasteiger partial charge on any atom is 0.244 e. The van der Waals surface area contributed by atoms with Gasteiger partial charge in [-0.25, -0.2) is 12.8 Å². The van der Waals surface area contributed by atoms with Crippen molar-refractivity contribution in [3.05, 3.63) is 53.8 Å². The molecule has 0 radical (unpaired) electrons. The van der Waals surface area contributed by atoms with Crippen LogP contribution in [0, 0.1) is 5.82 Å². The van der Waals surface area contributed by atoms with Crippen LogP contribution in [0.2, 0.25) is 0 Å². The van der Waals surface area contributed by atoms with Crippen molar-refractivity contribution in [1.82, 2.24) is 4.31 Å². The van der Waals surface area contributed by atoms with Crippen molar-refractivity contribution in [1.29, 1.82) is 0 Å². The van der Waals surface area contributed by atoms with Crippen LogP contribution in [-0.4, -0.2) is 44.2 Å². The summed E-state index contributed by atoms with van der Waals surface area (Å²) in [7, 11) is -3.61. The fourth-order valence-electron chi connectivity index (χ4n) is 4.40.